The Morgan fingerprint density at radius 2 is 1.96 bits per heavy atom. The molecule has 25 heavy (non-hydrogen) atoms. The predicted molar refractivity (Wildman–Crippen MR) is 103 cm³/mol. The summed E-state index contributed by atoms with van der Waals surface area (Å²) >= 11 is 0. The lowest BCUT2D eigenvalue weighted by atomic mass is 10.0. The zero-order chi connectivity index (χ0) is 18.4. The molecule has 1 N–H and O–H groups in total. The minimum absolute atomic E-state index is 0.145. The highest BCUT2D eigenvalue weighted by Gasteiger charge is 2.16. The van der Waals surface area contributed by atoms with E-state index in [0.717, 1.165) is 28.6 Å². The molecule has 2 rings (SSSR count). The van der Waals surface area contributed by atoms with Gasteiger partial charge in [0.15, 0.2) is 5.78 Å². The van der Waals surface area contributed by atoms with Crippen molar-refractivity contribution < 1.29 is 18.5 Å². The van der Waals surface area contributed by atoms with Gasteiger partial charge in [-0.2, -0.15) is 0 Å². The van der Waals surface area contributed by atoms with E-state index in [9.17, 15) is 13.8 Å². The first-order chi connectivity index (χ1) is 11.8. The van der Waals surface area contributed by atoms with E-state index in [1.807, 2.05) is 31.2 Å². The molecule has 1 heterocycles. The van der Waals surface area contributed by atoms with Gasteiger partial charge in [0.25, 0.3) is 0 Å². The number of Topliss-reactive ketones (excluding diaryl/α,β-unsaturated/α-hetero) is 1. The molecular formula is C19H25NO4S. The number of aryl methyl sites for hydroxylation is 1. The lowest BCUT2D eigenvalue weighted by Gasteiger charge is -2.05. The lowest BCUT2D eigenvalue weighted by molar-refractivity contribution is -0.142. The van der Waals surface area contributed by atoms with Crippen LogP contribution in [-0.2, 0) is 36.7 Å². The van der Waals surface area contributed by atoms with E-state index in [4.69, 9.17) is 4.74 Å². The normalized spacial score (nSPS) is 11.5. The summed E-state index contributed by atoms with van der Waals surface area (Å²) in [6, 6.07) is 7.74. The molecule has 136 valence electrons. The summed E-state index contributed by atoms with van der Waals surface area (Å²) in [4.78, 5) is 27.3. The maximum Gasteiger partial charge on any atom is 0.310 e. The maximum absolute atomic E-state index is 12.0. The number of ketones is 1. The van der Waals surface area contributed by atoms with Crippen LogP contribution in [-0.4, -0.2) is 45.4 Å². The van der Waals surface area contributed by atoms with Crippen molar-refractivity contribution in [3.8, 4) is 0 Å². The standard InChI is InChI=1S/C19H25NO4S/c1-4-11-24-19(22)12-16-15-7-5-6-8-17(15)20-18(16)10-9-14(21)13-25(2,3)23/h5-8,13,20H,4,9-12H2,1-3H3. The highest BCUT2D eigenvalue weighted by Crippen LogP contribution is 2.24. The summed E-state index contributed by atoms with van der Waals surface area (Å²) < 4.78 is 16.9. The second-order valence-electron chi connectivity index (χ2n) is 6.42. The van der Waals surface area contributed by atoms with Gasteiger partial charge in [-0.25, -0.2) is 0 Å². The summed E-state index contributed by atoms with van der Waals surface area (Å²) in [6.07, 6.45) is 4.77. The molecule has 0 aliphatic rings. The van der Waals surface area contributed by atoms with Crippen molar-refractivity contribution in [2.45, 2.75) is 32.6 Å². The molecule has 1 aromatic heterocycles. The molecule has 6 heteroatoms. The Morgan fingerprint density at radius 3 is 2.64 bits per heavy atom. The average molecular weight is 363 g/mol. The fourth-order valence-corrected chi connectivity index (χ4v) is 3.46. The zero-order valence-corrected chi connectivity index (χ0v) is 15.8. The number of hydrogen-bond acceptors (Lipinski definition) is 4. The maximum atomic E-state index is 12.0. The van der Waals surface area contributed by atoms with Crippen molar-refractivity contribution in [3.63, 3.8) is 0 Å². The number of H-pyrrole nitrogens is 1. The third-order valence-electron chi connectivity index (χ3n) is 3.73. The van der Waals surface area contributed by atoms with Gasteiger partial charge in [-0.15, -0.1) is 0 Å². The number of aromatic nitrogens is 1. The number of fused-ring (bicyclic) bond motifs is 1. The molecule has 0 unspecified atom stereocenters. The Labute approximate surface area is 148 Å². The number of benzene rings is 1. The number of esters is 1. The molecule has 0 radical (unpaired) electrons. The summed E-state index contributed by atoms with van der Waals surface area (Å²) in [6.45, 7) is 2.36. The summed E-state index contributed by atoms with van der Waals surface area (Å²) in [5.74, 6) is -0.413. The van der Waals surface area contributed by atoms with Crippen LogP contribution in [0.5, 0.6) is 0 Å². The van der Waals surface area contributed by atoms with Gasteiger partial charge in [-0.1, -0.05) is 25.1 Å². The number of rotatable bonds is 8. The van der Waals surface area contributed by atoms with Gasteiger partial charge in [0, 0.05) is 40.9 Å². The first-order valence-corrected chi connectivity index (χ1v) is 10.8. The van der Waals surface area contributed by atoms with Gasteiger partial charge in [0.2, 0.25) is 0 Å². The van der Waals surface area contributed by atoms with Crippen LogP contribution in [0, 0.1) is 0 Å². The summed E-state index contributed by atoms with van der Waals surface area (Å²) in [7, 11) is -2.20. The van der Waals surface area contributed by atoms with E-state index in [1.54, 1.807) is 12.5 Å². The number of ether oxygens (including phenoxy) is 1. The molecule has 0 atom stereocenters. The topological polar surface area (TPSA) is 76.2 Å². The average Bonchev–Trinajstić information content (AvgIpc) is 2.87. The van der Waals surface area contributed by atoms with Crippen LogP contribution in [0.15, 0.2) is 24.3 Å². The molecule has 0 saturated carbocycles. The minimum Gasteiger partial charge on any atom is -0.465 e. The van der Waals surface area contributed by atoms with E-state index >= 15 is 0 Å². The van der Waals surface area contributed by atoms with E-state index in [-0.39, 0.29) is 24.6 Å². The first-order valence-electron chi connectivity index (χ1n) is 8.36. The molecule has 2 aromatic rings. The van der Waals surface area contributed by atoms with Crippen LogP contribution in [0.2, 0.25) is 0 Å². The van der Waals surface area contributed by atoms with Crippen molar-refractivity contribution >= 4 is 37.5 Å². The van der Waals surface area contributed by atoms with Gasteiger partial charge >= 0.3 is 5.97 Å². The molecule has 1 aromatic carbocycles. The number of para-hydroxylation sites is 1. The number of nitrogens with one attached hydrogen (secondary N) is 1. The highest BCUT2D eigenvalue weighted by atomic mass is 32.2. The molecule has 0 amide bonds. The van der Waals surface area contributed by atoms with Crippen molar-refractivity contribution in [2.24, 2.45) is 0 Å². The molecule has 0 fully saturated rings. The third kappa shape index (κ3) is 5.74. The molecule has 0 aliphatic heterocycles. The van der Waals surface area contributed by atoms with Crippen LogP contribution >= 0.6 is 0 Å². The quantitative estimate of drug-likeness (QED) is 0.577. The number of hydrogen-bond donors (Lipinski definition) is 1. The fourth-order valence-electron chi connectivity index (χ4n) is 2.71. The summed E-state index contributed by atoms with van der Waals surface area (Å²) in [5.41, 5.74) is 2.66. The molecule has 0 saturated heterocycles. The predicted octanol–water partition coefficient (Wildman–Crippen LogP) is 2.51. The van der Waals surface area contributed by atoms with Gasteiger partial charge < -0.3 is 9.72 Å². The number of carbonyl (C=O) groups excluding carboxylic acids is 2. The Hall–Kier alpha value is -2.08. The molecule has 0 spiro atoms. The smallest absolute Gasteiger partial charge is 0.310 e. The van der Waals surface area contributed by atoms with Crippen molar-refractivity contribution in [1.82, 2.24) is 4.98 Å². The van der Waals surface area contributed by atoms with E-state index in [1.165, 1.54) is 5.37 Å². The van der Waals surface area contributed by atoms with Crippen molar-refractivity contribution in [2.75, 3.05) is 19.1 Å². The molecular weight excluding hydrogens is 338 g/mol. The van der Waals surface area contributed by atoms with Crippen LogP contribution in [0.4, 0.5) is 0 Å². The number of carbonyl (C=O) groups is 2. The Balaban J connectivity index is 2.23. The Bertz CT molecular complexity index is 880. The third-order valence-corrected chi connectivity index (χ3v) is 4.56. The highest BCUT2D eigenvalue weighted by molar-refractivity contribution is 8.01. The van der Waals surface area contributed by atoms with Crippen LogP contribution < -0.4 is 0 Å². The Morgan fingerprint density at radius 1 is 1.24 bits per heavy atom. The van der Waals surface area contributed by atoms with Crippen LogP contribution in [0.25, 0.3) is 10.9 Å². The molecule has 0 aliphatic carbocycles. The second-order valence-corrected chi connectivity index (χ2v) is 9.27. The summed E-state index contributed by atoms with van der Waals surface area (Å²) in [5, 5.41) is 2.27. The monoisotopic (exact) mass is 363 g/mol. The van der Waals surface area contributed by atoms with Crippen LogP contribution in [0.1, 0.15) is 31.0 Å². The van der Waals surface area contributed by atoms with E-state index < -0.39 is 9.52 Å². The largest absolute Gasteiger partial charge is 0.465 e. The first kappa shape index (κ1) is 19.2. The zero-order valence-electron chi connectivity index (χ0n) is 15.0. The second kappa shape index (κ2) is 8.34. The van der Waals surface area contributed by atoms with Gasteiger partial charge in [-0.05, 0) is 34.0 Å². The van der Waals surface area contributed by atoms with Crippen molar-refractivity contribution in [1.29, 1.82) is 0 Å². The molecule has 5 nitrogen and oxygen atoms in total. The van der Waals surface area contributed by atoms with Gasteiger partial charge in [0.1, 0.15) is 0 Å². The van der Waals surface area contributed by atoms with Gasteiger partial charge in [0.05, 0.1) is 13.0 Å². The Kier molecular flexibility index (Phi) is 6.42. The minimum atomic E-state index is -2.20. The fraction of sp³-hybridized carbons (Fsp3) is 0.421. The van der Waals surface area contributed by atoms with E-state index in [0.29, 0.717) is 13.0 Å². The van der Waals surface area contributed by atoms with Crippen molar-refractivity contribution in [3.05, 3.63) is 35.5 Å². The SMILES string of the molecule is CCCOC(=O)Cc1c(CCC(=O)C=S(C)(C)=O)[nH]c2ccccc12. The van der Waals surface area contributed by atoms with Gasteiger partial charge in [-0.3, -0.25) is 13.8 Å². The molecule has 0 bridgehead atoms. The van der Waals surface area contributed by atoms with Crippen LogP contribution in [0.3, 0.4) is 0 Å². The lowest BCUT2D eigenvalue weighted by Crippen LogP contribution is -2.12. The number of aromatic amines is 1. The van der Waals surface area contributed by atoms with E-state index in [2.05, 4.69) is 4.98 Å².